The van der Waals surface area contributed by atoms with Gasteiger partial charge in [-0.05, 0) is 45.4 Å². The van der Waals surface area contributed by atoms with Crippen LogP contribution < -0.4 is 10.1 Å². The van der Waals surface area contributed by atoms with Gasteiger partial charge in [-0.1, -0.05) is 36.8 Å². The second-order valence-corrected chi connectivity index (χ2v) is 9.22. The summed E-state index contributed by atoms with van der Waals surface area (Å²) in [4.78, 5) is 29.5. The molecule has 7 nitrogen and oxygen atoms in total. The topological polar surface area (TPSA) is 90.7 Å². The number of thiophene rings is 1. The highest BCUT2D eigenvalue weighted by atomic mass is 32.1. The van der Waals surface area contributed by atoms with Gasteiger partial charge in [-0.15, -0.1) is 11.3 Å². The Morgan fingerprint density at radius 1 is 1.11 bits per heavy atom. The first-order chi connectivity index (χ1) is 16.8. The molecule has 4 rings (SSSR count). The van der Waals surface area contributed by atoms with Gasteiger partial charge in [0.25, 0.3) is 0 Å². The molecular formula is C27H28N2O5S. The van der Waals surface area contributed by atoms with Crippen molar-refractivity contribution in [2.45, 2.75) is 47.6 Å². The zero-order valence-corrected chi connectivity index (χ0v) is 21.3. The Labute approximate surface area is 208 Å². The van der Waals surface area contributed by atoms with Crippen LogP contribution in [0.15, 0.2) is 40.8 Å². The fourth-order valence-corrected chi connectivity index (χ4v) is 4.98. The van der Waals surface area contributed by atoms with Crippen LogP contribution in [0.25, 0.3) is 21.5 Å². The van der Waals surface area contributed by atoms with E-state index in [4.69, 9.17) is 13.9 Å². The van der Waals surface area contributed by atoms with Crippen LogP contribution in [-0.4, -0.2) is 23.5 Å². The van der Waals surface area contributed by atoms with E-state index in [9.17, 15) is 9.59 Å². The van der Waals surface area contributed by atoms with Crippen LogP contribution in [-0.2, 0) is 16.1 Å². The molecule has 2 aromatic carbocycles. The van der Waals surface area contributed by atoms with Gasteiger partial charge in [-0.3, -0.25) is 4.79 Å². The second-order valence-electron chi connectivity index (χ2n) is 8.20. The molecule has 4 aromatic rings. The molecule has 1 amide bonds. The molecule has 0 aliphatic heterocycles. The van der Waals surface area contributed by atoms with E-state index in [-0.39, 0.29) is 19.1 Å². The Morgan fingerprint density at radius 2 is 1.91 bits per heavy atom. The van der Waals surface area contributed by atoms with Gasteiger partial charge in [0.2, 0.25) is 11.8 Å². The number of nitrogens with one attached hydrogen (secondary N) is 1. The Hall–Kier alpha value is -3.65. The number of aromatic nitrogens is 1. The number of fused-ring (bicyclic) bond motifs is 1. The Morgan fingerprint density at radius 3 is 2.63 bits per heavy atom. The predicted octanol–water partition coefficient (Wildman–Crippen LogP) is 6.59. The SMILES string of the molecule is CCOC(=O)c1c(NC(=O)CC)sc2c(OCc3nc(-c4cccc(C)c4)oc3C)c(C)ccc12. The number of amides is 1. The van der Waals surface area contributed by atoms with Gasteiger partial charge in [0.1, 0.15) is 34.4 Å². The van der Waals surface area contributed by atoms with Crippen molar-refractivity contribution in [3.63, 3.8) is 0 Å². The molecule has 8 heteroatoms. The maximum atomic E-state index is 12.8. The molecule has 1 N–H and O–H groups in total. The molecule has 0 aliphatic carbocycles. The molecule has 2 heterocycles. The maximum absolute atomic E-state index is 12.8. The van der Waals surface area contributed by atoms with Crippen molar-refractivity contribution in [3.8, 4) is 17.2 Å². The number of benzene rings is 2. The zero-order chi connectivity index (χ0) is 25.1. The number of nitrogens with zero attached hydrogens (tertiary/aromatic N) is 1. The number of hydrogen-bond donors (Lipinski definition) is 1. The molecule has 0 saturated heterocycles. The lowest BCUT2D eigenvalue weighted by molar-refractivity contribution is -0.115. The summed E-state index contributed by atoms with van der Waals surface area (Å²) in [6.45, 7) is 9.77. The summed E-state index contributed by atoms with van der Waals surface area (Å²) >= 11 is 1.30. The van der Waals surface area contributed by atoms with Gasteiger partial charge in [-0.25, -0.2) is 9.78 Å². The first-order valence-electron chi connectivity index (χ1n) is 11.5. The van der Waals surface area contributed by atoms with Gasteiger partial charge in [0.05, 0.1) is 11.3 Å². The first kappa shape index (κ1) is 24.5. The van der Waals surface area contributed by atoms with Gasteiger partial charge in [-0.2, -0.15) is 0 Å². The summed E-state index contributed by atoms with van der Waals surface area (Å²) in [5.41, 5.74) is 3.98. The van der Waals surface area contributed by atoms with Crippen LogP contribution in [0.2, 0.25) is 0 Å². The Balaban J connectivity index is 1.69. The van der Waals surface area contributed by atoms with Crippen molar-refractivity contribution in [1.82, 2.24) is 4.98 Å². The van der Waals surface area contributed by atoms with E-state index in [0.29, 0.717) is 45.5 Å². The molecule has 0 fully saturated rings. The number of carbonyl (C=O) groups excluding carboxylic acids is 2. The minimum absolute atomic E-state index is 0.178. The van der Waals surface area contributed by atoms with Gasteiger partial charge < -0.3 is 19.2 Å². The van der Waals surface area contributed by atoms with E-state index in [1.165, 1.54) is 11.3 Å². The lowest BCUT2D eigenvalue weighted by Gasteiger charge is -2.09. The van der Waals surface area contributed by atoms with Gasteiger partial charge in [0.15, 0.2) is 0 Å². The minimum atomic E-state index is -0.477. The molecule has 0 atom stereocenters. The van der Waals surface area contributed by atoms with E-state index in [0.717, 1.165) is 21.4 Å². The van der Waals surface area contributed by atoms with Crippen molar-refractivity contribution in [1.29, 1.82) is 0 Å². The number of oxazole rings is 1. The highest BCUT2D eigenvalue weighted by Gasteiger charge is 2.24. The summed E-state index contributed by atoms with van der Waals surface area (Å²) in [6.07, 6.45) is 0.299. The summed E-state index contributed by atoms with van der Waals surface area (Å²) < 4.78 is 18.2. The summed E-state index contributed by atoms with van der Waals surface area (Å²) in [6, 6.07) is 11.7. The number of aryl methyl sites for hydroxylation is 3. The Bertz CT molecular complexity index is 1400. The van der Waals surface area contributed by atoms with Crippen molar-refractivity contribution in [3.05, 3.63) is 64.5 Å². The third-order valence-corrected chi connectivity index (χ3v) is 6.69. The maximum Gasteiger partial charge on any atom is 0.341 e. The molecule has 0 aliphatic rings. The van der Waals surface area contributed by atoms with E-state index >= 15 is 0 Å². The number of rotatable bonds is 8. The fourth-order valence-electron chi connectivity index (χ4n) is 3.73. The molecule has 182 valence electrons. The molecule has 0 saturated carbocycles. The quantitative estimate of drug-likeness (QED) is 0.279. The van der Waals surface area contributed by atoms with Crippen molar-refractivity contribution < 1.29 is 23.5 Å². The third kappa shape index (κ3) is 5.07. The van der Waals surface area contributed by atoms with Crippen LogP contribution in [0.5, 0.6) is 5.75 Å². The van der Waals surface area contributed by atoms with Crippen molar-refractivity contribution in [2.24, 2.45) is 0 Å². The number of ether oxygens (including phenoxy) is 2. The summed E-state index contributed by atoms with van der Waals surface area (Å²) in [7, 11) is 0. The average molecular weight is 493 g/mol. The van der Waals surface area contributed by atoms with Crippen molar-refractivity contribution >= 4 is 38.3 Å². The molecule has 0 bridgehead atoms. The molecule has 2 aromatic heterocycles. The van der Waals surface area contributed by atoms with Crippen molar-refractivity contribution in [2.75, 3.05) is 11.9 Å². The van der Waals surface area contributed by atoms with E-state index in [1.54, 1.807) is 13.8 Å². The van der Waals surface area contributed by atoms with Gasteiger partial charge in [0, 0.05) is 17.4 Å². The fraction of sp³-hybridized carbons (Fsp3) is 0.296. The smallest absolute Gasteiger partial charge is 0.341 e. The highest BCUT2D eigenvalue weighted by molar-refractivity contribution is 7.24. The lowest BCUT2D eigenvalue weighted by atomic mass is 10.1. The number of hydrogen-bond acceptors (Lipinski definition) is 7. The van der Waals surface area contributed by atoms with Crippen LogP contribution in [0.1, 0.15) is 53.2 Å². The van der Waals surface area contributed by atoms with E-state index in [1.807, 2.05) is 57.2 Å². The molecular weight excluding hydrogens is 464 g/mol. The third-order valence-electron chi connectivity index (χ3n) is 5.57. The molecule has 0 unspecified atom stereocenters. The number of carbonyl (C=O) groups is 2. The first-order valence-corrected chi connectivity index (χ1v) is 12.3. The van der Waals surface area contributed by atoms with E-state index in [2.05, 4.69) is 10.3 Å². The Kier molecular flexibility index (Phi) is 7.21. The lowest BCUT2D eigenvalue weighted by Crippen LogP contribution is -2.12. The van der Waals surface area contributed by atoms with Crippen LogP contribution in [0.3, 0.4) is 0 Å². The molecule has 35 heavy (non-hydrogen) atoms. The number of anilines is 1. The molecule has 0 spiro atoms. The highest BCUT2D eigenvalue weighted by Crippen LogP contribution is 2.43. The minimum Gasteiger partial charge on any atom is -0.485 e. The molecule has 0 radical (unpaired) electrons. The van der Waals surface area contributed by atoms with E-state index < -0.39 is 5.97 Å². The van der Waals surface area contributed by atoms with Gasteiger partial charge >= 0.3 is 5.97 Å². The normalized spacial score (nSPS) is 11.0. The van der Waals surface area contributed by atoms with Crippen LogP contribution in [0.4, 0.5) is 5.00 Å². The van der Waals surface area contributed by atoms with Crippen LogP contribution >= 0.6 is 11.3 Å². The standard InChI is InChI=1S/C27H28N2O5S/c1-6-21(30)29-26-22(27(31)32-7-2)19-12-11-16(4)23(24(19)35-26)33-14-20-17(5)34-25(28-20)18-10-8-9-15(3)13-18/h8-13H,6-7,14H2,1-5H3,(H,29,30). The number of esters is 1. The predicted molar refractivity (Wildman–Crippen MR) is 137 cm³/mol. The summed E-state index contributed by atoms with van der Waals surface area (Å²) in [5, 5.41) is 3.98. The second kappa shape index (κ2) is 10.3. The monoisotopic (exact) mass is 492 g/mol. The van der Waals surface area contributed by atoms with Crippen LogP contribution in [0, 0.1) is 20.8 Å². The summed E-state index contributed by atoms with van der Waals surface area (Å²) in [5.74, 6) is 1.21. The zero-order valence-electron chi connectivity index (χ0n) is 20.5. The average Bonchev–Trinajstić information content (AvgIpc) is 3.38. The largest absolute Gasteiger partial charge is 0.485 e.